The fraction of sp³-hybridized carbons (Fsp3) is 0.200. The first-order valence-electron chi connectivity index (χ1n) is 8.20. The number of carbonyl (C=O) groups is 2. The molecule has 0 aliphatic carbocycles. The van der Waals surface area contributed by atoms with Gasteiger partial charge in [0, 0.05) is 24.9 Å². The van der Waals surface area contributed by atoms with E-state index in [0.717, 1.165) is 11.3 Å². The normalized spacial score (nSPS) is 14.7. The van der Waals surface area contributed by atoms with Crippen LogP contribution >= 0.6 is 15.9 Å². The Kier molecular flexibility index (Phi) is 5.85. The van der Waals surface area contributed by atoms with Crippen LogP contribution in [0.15, 0.2) is 64.8 Å². The summed E-state index contributed by atoms with van der Waals surface area (Å²) in [6.07, 6.45) is 1.62. The maximum atomic E-state index is 12.1. The molecule has 0 fully saturated rings. The van der Waals surface area contributed by atoms with E-state index in [0.29, 0.717) is 35.4 Å². The van der Waals surface area contributed by atoms with Crippen molar-refractivity contribution in [2.45, 2.75) is 6.54 Å². The molecule has 3 rings (SSSR count). The van der Waals surface area contributed by atoms with Gasteiger partial charge in [-0.05, 0) is 33.6 Å². The van der Waals surface area contributed by atoms with E-state index in [1.54, 1.807) is 18.2 Å². The van der Waals surface area contributed by atoms with Crippen LogP contribution in [0.4, 0.5) is 5.69 Å². The summed E-state index contributed by atoms with van der Waals surface area (Å²) in [6.45, 7) is 1.72. The van der Waals surface area contributed by atoms with Gasteiger partial charge in [-0.1, -0.05) is 36.4 Å². The molecule has 0 unspecified atom stereocenters. The first-order chi connectivity index (χ1) is 12.6. The van der Waals surface area contributed by atoms with Gasteiger partial charge in [-0.2, -0.15) is 0 Å². The van der Waals surface area contributed by atoms with Gasteiger partial charge in [0.05, 0.1) is 29.4 Å². The van der Waals surface area contributed by atoms with Crippen LogP contribution in [0.1, 0.15) is 15.9 Å². The number of rotatable bonds is 5. The minimum absolute atomic E-state index is 0.0509. The van der Waals surface area contributed by atoms with Gasteiger partial charge in [-0.15, -0.1) is 0 Å². The SMILES string of the molecule is COC(=O)c1cccc(NC2=CC(=O)CN(Cc3ccccc3)C2)c1Br. The van der Waals surface area contributed by atoms with Gasteiger partial charge in [0.25, 0.3) is 0 Å². The molecular formula is C20H19BrN2O3. The Labute approximate surface area is 160 Å². The molecule has 0 radical (unpaired) electrons. The molecule has 0 spiro atoms. The summed E-state index contributed by atoms with van der Waals surface area (Å²) in [5.41, 5.74) is 3.10. The number of esters is 1. The number of nitrogens with one attached hydrogen (secondary N) is 1. The molecule has 6 heteroatoms. The fourth-order valence-corrected chi connectivity index (χ4v) is 3.43. The molecule has 0 aromatic heterocycles. The Morgan fingerprint density at radius 1 is 1.15 bits per heavy atom. The second-order valence-corrected chi connectivity index (χ2v) is 6.84. The number of nitrogens with zero attached hydrogens (tertiary/aromatic N) is 1. The van der Waals surface area contributed by atoms with Crippen molar-refractivity contribution in [3.05, 3.63) is 75.9 Å². The highest BCUT2D eigenvalue weighted by atomic mass is 79.9. The lowest BCUT2D eigenvalue weighted by Gasteiger charge is -2.27. The molecule has 1 N–H and O–H groups in total. The number of benzene rings is 2. The van der Waals surface area contributed by atoms with Crippen molar-refractivity contribution < 1.29 is 14.3 Å². The van der Waals surface area contributed by atoms with Crippen molar-refractivity contribution in [1.82, 2.24) is 4.90 Å². The lowest BCUT2D eigenvalue weighted by molar-refractivity contribution is -0.116. The summed E-state index contributed by atoms with van der Waals surface area (Å²) in [6, 6.07) is 15.4. The van der Waals surface area contributed by atoms with E-state index in [-0.39, 0.29) is 5.78 Å². The Balaban J connectivity index is 1.75. The van der Waals surface area contributed by atoms with Crippen LogP contribution in [0.2, 0.25) is 0 Å². The van der Waals surface area contributed by atoms with Crippen molar-refractivity contribution in [3.8, 4) is 0 Å². The summed E-state index contributed by atoms with van der Waals surface area (Å²) < 4.78 is 5.40. The smallest absolute Gasteiger partial charge is 0.339 e. The molecule has 26 heavy (non-hydrogen) atoms. The van der Waals surface area contributed by atoms with Gasteiger partial charge in [0.2, 0.25) is 0 Å². The van der Waals surface area contributed by atoms with Gasteiger partial charge in [-0.25, -0.2) is 4.79 Å². The van der Waals surface area contributed by atoms with E-state index in [9.17, 15) is 9.59 Å². The summed E-state index contributed by atoms with van der Waals surface area (Å²) in [5, 5.41) is 3.26. The number of halogens is 1. The first kappa shape index (κ1) is 18.4. The average molecular weight is 415 g/mol. The third-order valence-corrected chi connectivity index (χ3v) is 4.91. The number of hydrogen-bond acceptors (Lipinski definition) is 5. The third-order valence-electron chi connectivity index (χ3n) is 4.06. The van der Waals surface area contributed by atoms with E-state index >= 15 is 0 Å². The van der Waals surface area contributed by atoms with Gasteiger partial charge in [0.15, 0.2) is 5.78 Å². The van der Waals surface area contributed by atoms with Gasteiger partial charge >= 0.3 is 5.97 Å². The topological polar surface area (TPSA) is 58.6 Å². The zero-order chi connectivity index (χ0) is 18.5. The predicted octanol–water partition coefficient (Wildman–Crippen LogP) is 3.62. The van der Waals surface area contributed by atoms with Crippen molar-refractivity contribution in [2.24, 2.45) is 0 Å². The van der Waals surface area contributed by atoms with Crippen LogP contribution in [-0.4, -0.2) is 36.9 Å². The van der Waals surface area contributed by atoms with E-state index < -0.39 is 5.97 Å². The van der Waals surface area contributed by atoms with Gasteiger partial charge in [0.1, 0.15) is 0 Å². The molecule has 5 nitrogen and oxygen atoms in total. The number of hydrogen-bond donors (Lipinski definition) is 1. The van der Waals surface area contributed by atoms with E-state index in [2.05, 4.69) is 26.1 Å². The lowest BCUT2D eigenvalue weighted by Crippen LogP contribution is -2.36. The highest BCUT2D eigenvalue weighted by molar-refractivity contribution is 9.10. The molecule has 134 valence electrons. The molecule has 0 atom stereocenters. The monoisotopic (exact) mass is 414 g/mol. The summed E-state index contributed by atoms with van der Waals surface area (Å²) in [5.74, 6) is -0.366. The lowest BCUT2D eigenvalue weighted by atomic mass is 10.1. The largest absolute Gasteiger partial charge is 0.465 e. The van der Waals surface area contributed by atoms with Crippen molar-refractivity contribution in [3.63, 3.8) is 0 Å². The molecular weight excluding hydrogens is 396 g/mol. The number of ether oxygens (including phenoxy) is 1. The Morgan fingerprint density at radius 2 is 1.92 bits per heavy atom. The van der Waals surface area contributed by atoms with Crippen LogP contribution in [0.25, 0.3) is 0 Å². The van der Waals surface area contributed by atoms with Crippen LogP contribution in [0.3, 0.4) is 0 Å². The van der Waals surface area contributed by atoms with Gasteiger partial charge in [-0.3, -0.25) is 9.69 Å². The van der Waals surface area contributed by atoms with Crippen LogP contribution < -0.4 is 5.32 Å². The maximum absolute atomic E-state index is 12.1. The fourth-order valence-electron chi connectivity index (χ4n) is 2.90. The number of methoxy groups -OCH3 is 1. The number of anilines is 1. The average Bonchev–Trinajstić information content (AvgIpc) is 2.63. The molecule has 0 bridgehead atoms. The van der Waals surface area contributed by atoms with E-state index in [1.165, 1.54) is 7.11 Å². The summed E-state index contributed by atoms with van der Waals surface area (Å²) in [4.78, 5) is 26.0. The molecule has 2 aromatic carbocycles. The van der Waals surface area contributed by atoms with Crippen LogP contribution in [-0.2, 0) is 16.1 Å². The zero-order valence-electron chi connectivity index (χ0n) is 14.4. The second-order valence-electron chi connectivity index (χ2n) is 6.05. The predicted molar refractivity (Wildman–Crippen MR) is 104 cm³/mol. The molecule has 2 aromatic rings. The van der Waals surface area contributed by atoms with E-state index in [4.69, 9.17) is 4.74 Å². The summed E-state index contributed by atoms with van der Waals surface area (Å²) >= 11 is 3.44. The van der Waals surface area contributed by atoms with Crippen molar-refractivity contribution in [2.75, 3.05) is 25.5 Å². The molecule has 1 aliphatic rings. The van der Waals surface area contributed by atoms with Crippen LogP contribution in [0, 0.1) is 0 Å². The molecule has 1 aliphatic heterocycles. The van der Waals surface area contributed by atoms with Crippen molar-refractivity contribution >= 4 is 33.4 Å². The molecule has 0 saturated heterocycles. The Morgan fingerprint density at radius 3 is 2.65 bits per heavy atom. The molecule has 1 heterocycles. The highest BCUT2D eigenvalue weighted by Crippen LogP contribution is 2.28. The number of ketones is 1. The number of carbonyl (C=O) groups excluding carboxylic acids is 2. The maximum Gasteiger partial charge on any atom is 0.339 e. The summed E-state index contributed by atoms with van der Waals surface area (Å²) in [7, 11) is 1.35. The standard InChI is InChI=1S/C20H19BrN2O3/c1-26-20(25)17-8-5-9-18(19(17)21)22-15-10-16(24)13-23(12-15)11-14-6-3-2-4-7-14/h2-10,22H,11-13H2,1H3. The second kappa shape index (κ2) is 8.29. The van der Waals surface area contributed by atoms with Crippen LogP contribution in [0.5, 0.6) is 0 Å². The van der Waals surface area contributed by atoms with Crippen molar-refractivity contribution in [1.29, 1.82) is 0 Å². The van der Waals surface area contributed by atoms with E-state index in [1.807, 2.05) is 36.4 Å². The van der Waals surface area contributed by atoms with Gasteiger partial charge < -0.3 is 10.1 Å². The molecule has 0 saturated carbocycles. The minimum Gasteiger partial charge on any atom is -0.465 e. The molecule has 0 amide bonds. The minimum atomic E-state index is -0.417. The Bertz CT molecular complexity index is 849. The third kappa shape index (κ3) is 4.39. The first-order valence-corrected chi connectivity index (χ1v) is 8.99. The highest BCUT2D eigenvalue weighted by Gasteiger charge is 2.20. The zero-order valence-corrected chi connectivity index (χ0v) is 16.0. The Hall–Kier alpha value is -2.44. The quantitative estimate of drug-likeness (QED) is 0.757.